The third kappa shape index (κ3) is 4.79. The topological polar surface area (TPSA) is 90.2 Å². The largest absolute Gasteiger partial charge is 0.497 e. The third-order valence-electron chi connectivity index (χ3n) is 5.79. The highest BCUT2D eigenvalue weighted by Gasteiger charge is 2.32. The Morgan fingerprint density at radius 1 is 1.06 bits per heavy atom. The molecule has 0 saturated carbocycles. The van der Waals surface area contributed by atoms with Crippen molar-refractivity contribution in [3.8, 4) is 5.75 Å². The van der Waals surface area contributed by atoms with Crippen molar-refractivity contribution >= 4 is 11.7 Å². The highest BCUT2D eigenvalue weighted by molar-refractivity contribution is 5.98. The van der Waals surface area contributed by atoms with Crippen LogP contribution in [-0.2, 0) is 11.2 Å². The van der Waals surface area contributed by atoms with Crippen LogP contribution >= 0.6 is 0 Å². The van der Waals surface area contributed by atoms with Crippen LogP contribution in [-0.4, -0.2) is 57.0 Å². The highest BCUT2D eigenvalue weighted by Crippen LogP contribution is 2.25. The van der Waals surface area contributed by atoms with E-state index in [-0.39, 0.29) is 17.6 Å². The Bertz CT molecular complexity index is 997. The lowest BCUT2D eigenvalue weighted by atomic mass is 9.88. The van der Waals surface area contributed by atoms with Crippen molar-refractivity contribution in [1.29, 1.82) is 0 Å². The third-order valence-corrected chi connectivity index (χ3v) is 5.79. The van der Waals surface area contributed by atoms with Crippen molar-refractivity contribution in [3.05, 3.63) is 72.1 Å². The van der Waals surface area contributed by atoms with Gasteiger partial charge in [-0.15, -0.1) is 5.10 Å². The standard InChI is InChI=1S/C23H25N5O3/c1-31-20-9-7-18(8-10-20)22(29)19-11-13-27(14-12-19)23(30)21(28-16-24-25-26-28)15-17-5-3-2-4-6-17/h2-10,16,19,21H,11-15H2,1H3/t21-/m1/s1. The zero-order valence-corrected chi connectivity index (χ0v) is 17.4. The molecule has 0 spiro atoms. The molecule has 0 unspecified atom stereocenters. The number of hydrogen-bond donors (Lipinski definition) is 0. The number of ether oxygens (including phenoxy) is 1. The summed E-state index contributed by atoms with van der Waals surface area (Å²) in [5.74, 6) is 0.740. The number of hydrogen-bond acceptors (Lipinski definition) is 6. The number of nitrogens with zero attached hydrogens (tertiary/aromatic N) is 5. The van der Waals surface area contributed by atoms with Crippen molar-refractivity contribution < 1.29 is 14.3 Å². The maximum Gasteiger partial charge on any atom is 0.247 e. The van der Waals surface area contributed by atoms with E-state index in [0.29, 0.717) is 37.9 Å². The predicted octanol–water partition coefficient (Wildman–Crippen LogP) is 2.59. The van der Waals surface area contributed by atoms with Gasteiger partial charge >= 0.3 is 0 Å². The second kappa shape index (κ2) is 9.51. The van der Waals surface area contributed by atoms with Crippen molar-refractivity contribution in [2.75, 3.05) is 20.2 Å². The first-order valence-corrected chi connectivity index (χ1v) is 10.4. The van der Waals surface area contributed by atoms with Gasteiger partial charge in [0.05, 0.1) is 7.11 Å². The molecule has 0 N–H and O–H groups in total. The Morgan fingerprint density at radius 2 is 1.77 bits per heavy atom. The number of amides is 1. The minimum absolute atomic E-state index is 0.0218. The van der Waals surface area contributed by atoms with Gasteiger partial charge in [0, 0.05) is 31.0 Å². The number of Topliss-reactive ketones (excluding diaryl/α,β-unsaturated/α-hetero) is 1. The summed E-state index contributed by atoms with van der Waals surface area (Å²) in [6, 6.07) is 16.5. The lowest BCUT2D eigenvalue weighted by molar-refractivity contribution is -0.136. The van der Waals surface area contributed by atoms with Gasteiger partial charge in [0.15, 0.2) is 5.78 Å². The highest BCUT2D eigenvalue weighted by atomic mass is 16.5. The van der Waals surface area contributed by atoms with E-state index in [4.69, 9.17) is 4.74 Å². The van der Waals surface area contributed by atoms with E-state index >= 15 is 0 Å². The van der Waals surface area contributed by atoms with Gasteiger partial charge in [0.25, 0.3) is 0 Å². The molecule has 0 aliphatic carbocycles. The number of tetrazole rings is 1. The molecule has 1 saturated heterocycles. The summed E-state index contributed by atoms with van der Waals surface area (Å²) in [6.45, 7) is 1.08. The van der Waals surface area contributed by atoms with Crippen LogP contribution < -0.4 is 4.74 Å². The number of rotatable bonds is 7. The van der Waals surface area contributed by atoms with Gasteiger partial charge in [-0.1, -0.05) is 30.3 Å². The van der Waals surface area contributed by atoms with Crippen LogP contribution in [0, 0.1) is 5.92 Å². The van der Waals surface area contributed by atoms with Crippen LogP contribution in [0.1, 0.15) is 34.8 Å². The summed E-state index contributed by atoms with van der Waals surface area (Å²) in [5.41, 5.74) is 1.72. The van der Waals surface area contributed by atoms with Crippen LogP contribution in [0.3, 0.4) is 0 Å². The zero-order chi connectivity index (χ0) is 21.6. The van der Waals surface area contributed by atoms with Crippen molar-refractivity contribution in [2.24, 2.45) is 5.92 Å². The fourth-order valence-corrected chi connectivity index (χ4v) is 4.01. The van der Waals surface area contributed by atoms with E-state index in [1.165, 1.54) is 11.0 Å². The summed E-state index contributed by atoms with van der Waals surface area (Å²) >= 11 is 0. The molecule has 3 aromatic rings. The summed E-state index contributed by atoms with van der Waals surface area (Å²) in [7, 11) is 1.60. The predicted molar refractivity (Wildman–Crippen MR) is 114 cm³/mol. The van der Waals surface area contributed by atoms with Gasteiger partial charge in [0.2, 0.25) is 5.91 Å². The Kier molecular flexibility index (Phi) is 6.35. The quantitative estimate of drug-likeness (QED) is 0.547. The molecule has 1 aliphatic heterocycles. The van der Waals surface area contributed by atoms with Gasteiger partial charge < -0.3 is 9.64 Å². The zero-order valence-electron chi connectivity index (χ0n) is 17.4. The molecule has 4 rings (SSSR count). The molecule has 8 heteroatoms. The summed E-state index contributed by atoms with van der Waals surface area (Å²) in [6.07, 6.45) is 3.27. The molecule has 1 atom stereocenters. The SMILES string of the molecule is COc1ccc(C(=O)C2CCN(C(=O)[C@@H](Cc3ccccc3)n3cnnn3)CC2)cc1. The average molecular weight is 419 g/mol. The van der Waals surface area contributed by atoms with E-state index in [0.717, 1.165) is 11.3 Å². The first-order valence-electron chi connectivity index (χ1n) is 10.4. The number of carbonyl (C=O) groups excluding carboxylic acids is 2. The number of likely N-dealkylation sites (tertiary alicyclic amines) is 1. The molecular weight excluding hydrogens is 394 g/mol. The van der Waals surface area contributed by atoms with Crippen molar-refractivity contribution in [1.82, 2.24) is 25.1 Å². The van der Waals surface area contributed by atoms with Crippen LogP contribution in [0.25, 0.3) is 0 Å². The fourth-order valence-electron chi connectivity index (χ4n) is 4.01. The fraction of sp³-hybridized carbons (Fsp3) is 0.348. The normalized spacial score (nSPS) is 15.5. The van der Waals surface area contributed by atoms with E-state index < -0.39 is 6.04 Å². The first kappa shape index (κ1) is 20.7. The smallest absolute Gasteiger partial charge is 0.247 e. The molecule has 1 aliphatic rings. The number of benzene rings is 2. The number of aromatic nitrogens is 4. The molecule has 2 aromatic carbocycles. The molecule has 0 radical (unpaired) electrons. The minimum Gasteiger partial charge on any atom is -0.497 e. The Labute approximate surface area is 180 Å². The Morgan fingerprint density at radius 3 is 2.39 bits per heavy atom. The van der Waals surface area contributed by atoms with Crippen LogP contribution in [0.5, 0.6) is 5.75 Å². The van der Waals surface area contributed by atoms with Crippen LogP contribution in [0.15, 0.2) is 60.9 Å². The first-order chi connectivity index (χ1) is 15.2. The lowest BCUT2D eigenvalue weighted by Crippen LogP contribution is -2.44. The lowest BCUT2D eigenvalue weighted by Gasteiger charge is -2.33. The van der Waals surface area contributed by atoms with Gasteiger partial charge in [-0.05, 0) is 53.1 Å². The van der Waals surface area contributed by atoms with Gasteiger partial charge in [-0.2, -0.15) is 0 Å². The Hall–Kier alpha value is -3.55. The molecule has 31 heavy (non-hydrogen) atoms. The molecule has 1 aromatic heterocycles. The second-order valence-electron chi connectivity index (χ2n) is 7.69. The van der Waals surface area contributed by atoms with E-state index in [1.54, 1.807) is 31.4 Å². The molecule has 1 fully saturated rings. The second-order valence-corrected chi connectivity index (χ2v) is 7.69. The number of ketones is 1. The van der Waals surface area contributed by atoms with Crippen LogP contribution in [0.2, 0.25) is 0 Å². The maximum atomic E-state index is 13.3. The number of piperidine rings is 1. The maximum absolute atomic E-state index is 13.3. The van der Waals surface area contributed by atoms with E-state index in [2.05, 4.69) is 15.5 Å². The summed E-state index contributed by atoms with van der Waals surface area (Å²) in [5, 5.41) is 11.4. The summed E-state index contributed by atoms with van der Waals surface area (Å²) < 4.78 is 6.68. The average Bonchev–Trinajstić information content (AvgIpc) is 3.37. The minimum atomic E-state index is -0.508. The van der Waals surface area contributed by atoms with Gasteiger partial charge in [-0.3, -0.25) is 9.59 Å². The number of carbonyl (C=O) groups is 2. The molecule has 8 nitrogen and oxygen atoms in total. The van der Waals surface area contributed by atoms with Crippen molar-refractivity contribution in [3.63, 3.8) is 0 Å². The van der Waals surface area contributed by atoms with Gasteiger partial charge in [-0.25, -0.2) is 4.68 Å². The Balaban J connectivity index is 1.41. The molecule has 2 heterocycles. The molecule has 160 valence electrons. The molecular formula is C23H25N5O3. The van der Waals surface area contributed by atoms with Crippen molar-refractivity contribution in [2.45, 2.75) is 25.3 Å². The van der Waals surface area contributed by atoms with E-state index in [1.807, 2.05) is 35.2 Å². The molecule has 1 amide bonds. The van der Waals surface area contributed by atoms with Crippen LogP contribution in [0.4, 0.5) is 0 Å². The monoisotopic (exact) mass is 419 g/mol. The molecule has 0 bridgehead atoms. The van der Waals surface area contributed by atoms with E-state index in [9.17, 15) is 9.59 Å². The summed E-state index contributed by atoms with van der Waals surface area (Å²) in [4.78, 5) is 28.0. The van der Waals surface area contributed by atoms with Gasteiger partial charge in [0.1, 0.15) is 18.1 Å². The number of methoxy groups -OCH3 is 1.